The van der Waals surface area contributed by atoms with Crippen LogP contribution in [-0.2, 0) is 10.8 Å². The van der Waals surface area contributed by atoms with Gasteiger partial charge in [0.15, 0.2) is 0 Å². The number of benzene rings is 8. The summed E-state index contributed by atoms with van der Waals surface area (Å²) in [5, 5.41) is 2.56. The number of hydrogen-bond donors (Lipinski definition) is 0. The zero-order valence-corrected chi connectivity index (χ0v) is 34.5. The van der Waals surface area contributed by atoms with E-state index in [1.807, 2.05) is 0 Å². The fourth-order valence-electron chi connectivity index (χ4n) is 13.9. The minimum Gasteiger partial charge on any atom is -0.310 e. The zero-order valence-electron chi connectivity index (χ0n) is 34.5. The maximum Gasteiger partial charge on any atom is 0.0467 e. The molecule has 0 saturated heterocycles. The first-order chi connectivity index (χ1) is 29.5. The predicted molar refractivity (Wildman–Crippen MR) is 250 cm³/mol. The summed E-state index contributed by atoms with van der Waals surface area (Å²) in [4.78, 5) is 2.55. The number of anilines is 3. The first-order valence-corrected chi connectivity index (χ1v) is 22.4. The van der Waals surface area contributed by atoms with Crippen LogP contribution in [0.25, 0.3) is 55.3 Å². The van der Waals surface area contributed by atoms with Crippen LogP contribution in [0.2, 0.25) is 0 Å². The molecular formula is C59H49N. The van der Waals surface area contributed by atoms with Crippen LogP contribution in [0, 0.1) is 23.7 Å². The number of nitrogens with zero attached hydrogens (tertiary/aromatic N) is 1. The van der Waals surface area contributed by atoms with Crippen molar-refractivity contribution in [3.63, 3.8) is 0 Å². The van der Waals surface area contributed by atoms with Crippen LogP contribution >= 0.6 is 0 Å². The van der Waals surface area contributed by atoms with Crippen molar-refractivity contribution in [3.8, 4) is 44.5 Å². The van der Waals surface area contributed by atoms with Gasteiger partial charge < -0.3 is 4.90 Å². The molecule has 0 N–H and O–H groups in total. The molecule has 1 nitrogen and oxygen atoms in total. The highest BCUT2D eigenvalue weighted by atomic mass is 15.1. The minimum absolute atomic E-state index is 0.0996. The summed E-state index contributed by atoms with van der Waals surface area (Å²) in [5.41, 5.74) is 20.4. The fourth-order valence-corrected chi connectivity index (χ4v) is 13.9. The third kappa shape index (κ3) is 4.75. The van der Waals surface area contributed by atoms with Crippen LogP contribution in [0.3, 0.4) is 0 Å². The maximum atomic E-state index is 2.64. The largest absolute Gasteiger partial charge is 0.310 e. The summed E-state index contributed by atoms with van der Waals surface area (Å²) in [6, 6.07) is 67.1. The second-order valence-corrected chi connectivity index (χ2v) is 19.3. The summed E-state index contributed by atoms with van der Waals surface area (Å²) in [6.07, 6.45) is 6.99. The average molecular weight is 772 g/mol. The van der Waals surface area contributed by atoms with Crippen LogP contribution in [-0.4, -0.2) is 0 Å². The Morgan fingerprint density at radius 3 is 1.77 bits per heavy atom. The minimum atomic E-state index is -0.0996. The molecule has 60 heavy (non-hydrogen) atoms. The lowest BCUT2D eigenvalue weighted by Crippen LogP contribution is -2.55. The van der Waals surface area contributed by atoms with Gasteiger partial charge in [-0.15, -0.1) is 0 Å². The van der Waals surface area contributed by atoms with Crippen molar-refractivity contribution in [2.75, 3.05) is 4.90 Å². The van der Waals surface area contributed by atoms with Gasteiger partial charge in [0.1, 0.15) is 0 Å². The molecule has 0 unspecified atom stereocenters. The summed E-state index contributed by atoms with van der Waals surface area (Å²) in [5.74, 6) is 3.26. The molecular weight excluding hydrogens is 723 g/mol. The molecule has 8 aromatic carbocycles. The standard InChI is InChI=1S/C59H49N/c1-58(2)54-22-7-5-18-51(54)53-21-11-20-49(57(53)58)41-14-9-15-45(35-41)60(44-26-24-40(25-27-44)48-19-10-13-39-12-3-4-16-47(39)48)46-28-29-52-50-17-6-8-23-55(50)59(56(52)36-46)42-31-37-30-38(33-42)34-43(59)32-37/h3-29,35-38,42-43H,30-34H2,1-2H3. The van der Waals surface area contributed by atoms with Crippen LogP contribution < -0.4 is 4.90 Å². The van der Waals surface area contributed by atoms with Gasteiger partial charge in [-0.05, 0) is 170 Å². The van der Waals surface area contributed by atoms with Crippen LogP contribution in [0.5, 0.6) is 0 Å². The lowest BCUT2D eigenvalue weighted by molar-refractivity contribution is -0.0399. The van der Waals surface area contributed by atoms with Gasteiger partial charge in [0, 0.05) is 27.9 Å². The van der Waals surface area contributed by atoms with E-state index in [2.05, 4.69) is 195 Å². The third-order valence-corrected chi connectivity index (χ3v) is 16.0. The van der Waals surface area contributed by atoms with E-state index < -0.39 is 0 Å². The first-order valence-electron chi connectivity index (χ1n) is 22.4. The van der Waals surface area contributed by atoms with Gasteiger partial charge in [-0.2, -0.15) is 0 Å². The Labute approximate surface area is 354 Å². The highest BCUT2D eigenvalue weighted by Gasteiger charge is 2.61. The van der Waals surface area contributed by atoms with Gasteiger partial charge >= 0.3 is 0 Å². The van der Waals surface area contributed by atoms with Crippen molar-refractivity contribution >= 4 is 27.8 Å². The fraction of sp³-hybridized carbons (Fsp3) is 0.220. The topological polar surface area (TPSA) is 3.24 Å². The molecule has 0 aromatic heterocycles. The Balaban J connectivity index is 0.991. The molecule has 4 fully saturated rings. The molecule has 1 heteroatoms. The molecule has 290 valence electrons. The highest BCUT2D eigenvalue weighted by molar-refractivity contribution is 5.97. The average Bonchev–Trinajstić information content (AvgIpc) is 3.71. The summed E-state index contributed by atoms with van der Waals surface area (Å²) in [6.45, 7) is 4.80. The van der Waals surface area contributed by atoms with Crippen LogP contribution in [0.15, 0.2) is 176 Å². The van der Waals surface area contributed by atoms with Gasteiger partial charge in [-0.25, -0.2) is 0 Å². The molecule has 0 amide bonds. The van der Waals surface area contributed by atoms with Gasteiger partial charge in [-0.1, -0.05) is 153 Å². The van der Waals surface area contributed by atoms with Crippen LogP contribution in [0.1, 0.15) is 68.2 Å². The van der Waals surface area contributed by atoms with E-state index in [-0.39, 0.29) is 10.8 Å². The molecule has 0 heterocycles. The molecule has 0 aliphatic heterocycles. The van der Waals surface area contributed by atoms with Crippen molar-refractivity contribution < 1.29 is 0 Å². The second kappa shape index (κ2) is 12.7. The first kappa shape index (κ1) is 34.7. The summed E-state index contributed by atoms with van der Waals surface area (Å²) in [7, 11) is 0. The van der Waals surface area contributed by atoms with Crippen LogP contribution in [0.4, 0.5) is 17.1 Å². The van der Waals surface area contributed by atoms with Gasteiger partial charge in [0.25, 0.3) is 0 Å². The van der Waals surface area contributed by atoms with Crippen molar-refractivity contribution in [2.45, 2.75) is 56.8 Å². The van der Waals surface area contributed by atoms with E-state index in [0.717, 1.165) is 23.7 Å². The lowest BCUT2D eigenvalue weighted by Gasteiger charge is -2.61. The Kier molecular flexibility index (Phi) is 7.32. The number of hydrogen-bond acceptors (Lipinski definition) is 1. The third-order valence-electron chi connectivity index (χ3n) is 16.0. The van der Waals surface area contributed by atoms with E-state index in [0.29, 0.717) is 0 Å². The van der Waals surface area contributed by atoms with Gasteiger partial charge in [0.2, 0.25) is 0 Å². The SMILES string of the molecule is CC1(C)c2ccccc2-c2cccc(-c3cccc(N(c4ccc(-c5cccc6ccccc56)cc4)c4ccc5c(c4)C4(c6ccccc6-5)C5CC6CC(C5)CC4C6)c3)c21. The Morgan fingerprint density at radius 2 is 0.967 bits per heavy atom. The van der Waals surface area contributed by atoms with E-state index >= 15 is 0 Å². The normalized spacial score (nSPS) is 23.4. The molecule has 6 aliphatic rings. The maximum absolute atomic E-state index is 2.64. The van der Waals surface area contributed by atoms with Crippen molar-refractivity contribution in [2.24, 2.45) is 23.7 Å². The smallest absolute Gasteiger partial charge is 0.0467 e. The Hall–Kier alpha value is -6.18. The second-order valence-electron chi connectivity index (χ2n) is 19.3. The Bertz CT molecular complexity index is 3000. The zero-order chi connectivity index (χ0) is 39.7. The summed E-state index contributed by atoms with van der Waals surface area (Å²) < 4.78 is 0. The van der Waals surface area contributed by atoms with E-state index in [1.54, 1.807) is 11.1 Å². The monoisotopic (exact) mass is 771 g/mol. The van der Waals surface area contributed by atoms with E-state index in [4.69, 9.17) is 0 Å². The molecule has 14 rings (SSSR count). The number of fused-ring (bicyclic) bond motifs is 7. The Morgan fingerprint density at radius 1 is 0.400 bits per heavy atom. The summed E-state index contributed by atoms with van der Waals surface area (Å²) >= 11 is 0. The van der Waals surface area contributed by atoms with Gasteiger partial charge in [0.05, 0.1) is 0 Å². The molecule has 8 aromatic rings. The molecule has 4 bridgehead atoms. The molecule has 4 saturated carbocycles. The highest BCUT2D eigenvalue weighted by Crippen LogP contribution is 2.69. The van der Waals surface area contributed by atoms with Gasteiger partial charge in [-0.3, -0.25) is 0 Å². The lowest BCUT2D eigenvalue weighted by atomic mass is 9.43. The van der Waals surface area contributed by atoms with E-state index in [1.165, 1.54) is 116 Å². The van der Waals surface area contributed by atoms with Crippen molar-refractivity contribution in [3.05, 3.63) is 198 Å². The van der Waals surface area contributed by atoms with Crippen molar-refractivity contribution in [1.82, 2.24) is 0 Å². The predicted octanol–water partition coefficient (Wildman–Crippen LogP) is 15.7. The molecule has 0 atom stereocenters. The quantitative estimate of drug-likeness (QED) is 0.168. The molecule has 6 aliphatic carbocycles. The van der Waals surface area contributed by atoms with Crippen molar-refractivity contribution in [1.29, 1.82) is 0 Å². The number of rotatable bonds is 5. The molecule has 1 spiro atoms. The van der Waals surface area contributed by atoms with E-state index in [9.17, 15) is 0 Å². The molecule has 0 radical (unpaired) electrons.